The van der Waals surface area contributed by atoms with Crippen molar-refractivity contribution in [2.24, 2.45) is 5.73 Å². The molecule has 2 aliphatic rings. The maximum Gasteiger partial charge on any atom is 0.245 e. The molecule has 2 saturated heterocycles. The van der Waals surface area contributed by atoms with Gasteiger partial charge in [-0.1, -0.05) is 13.3 Å². The zero-order valence-corrected chi connectivity index (χ0v) is 14.0. The van der Waals surface area contributed by atoms with Gasteiger partial charge in [0.25, 0.3) is 0 Å². The van der Waals surface area contributed by atoms with Gasteiger partial charge >= 0.3 is 0 Å². The number of amides is 4. The van der Waals surface area contributed by atoms with E-state index in [2.05, 4.69) is 10.6 Å². The molecule has 134 valence electrons. The standard InChI is InChI=1S/C16H26N4O4/c1-2-5-11(16(24)20-9-4-7-12(20)14(17)22)19-15(23)10-6-3-8-13(21)18-10/h10-12H,2-9H2,1H3,(H2,17,22)(H,18,21)(H,19,23)/t10?,11-,12-/m0/s1. The number of nitrogens with two attached hydrogens (primary N) is 1. The summed E-state index contributed by atoms with van der Waals surface area (Å²) in [6.45, 7) is 2.40. The fraction of sp³-hybridized carbons (Fsp3) is 0.750. The van der Waals surface area contributed by atoms with Crippen LogP contribution >= 0.6 is 0 Å². The van der Waals surface area contributed by atoms with Crippen LogP contribution in [0, 0.1) is 0 Å². The third-order valence-corrected chi connectivity index (χ3v) is 4.60. The summed E-state index contributed by atoms with van der Waals surface area (Å²) in [4.78, 5) is 49.5. The lowest BCUT2D eigenvalue weighted by Crippen LogP contribution is -2.56. The van der Waals surface area contributed by atoms with Gasteiger partial charge in [-0.15, -0.1) is 0 Å². The van der Waals surface area contributed by atoms with Crippen molar-refractivity contribution in [2.75, 3.05) is 6.54 Å². The van der Waals surface area contributed by atoms with E-state index in [9.17, 15) is 19.2 Å². The molecule has 0 saturated carbocycles. The van der Waals surface area contributed by atoms with Crippen LogP contribution in [0.1, 0.15) is 51.9 Å². The van der Waals surface area contributed by atoms with Crippen molar-refractivity contribution in [1.29, 1.82) is 0 Å². The van der Waals surface area contributed by atoms with E-state index in [-0.39, 0.29) is 17.7 Å². The Morgan fingerprint density at radius 1 is 1.33 bits per heavy atom. The van der Waals surface area contributed by atoms with Gasteiger partial charge < -0.3 is 21.3 Å². The number of carbonyl (C=O) groups excluding carboxylic acids is 4. The summed E-state index contributed by atoms with van der Waals surface area (Å²) in [5, 5.41) is 5.40. The van der Waals surface area contributed by atoms with E-state index in [0.717, 1.165) is 6.42 Å². The predicted octanol–water partition coefficient (Wildman–Crippen LogP) is -0.584. The third-order valence-electron chi connectivity index (χ3n) is 4.60. The number of hydrogen-bond donors (Lipinski definition) is 3. The molecule has 0 aromatic heterocycles. The van der Waals surface area contributed by atoms with Crippen LogP contribution in [0.4, 0.5) is 0 Å². The Morgan fingerprint density at radius 2 is 2.08 bits per heavy atom. The minimum Gasteiger partial charge on any atom is -0.368 e. The van der Waals surface area contributed by atoms with E-state index in [1.165, 1.54) is 4.90 Å². The minimum absolute atomic E-state index is 0.145. The maximum absolute atomic E-state index is 12.7. The number of carbonyl (C=O) groups is 4. The number of hydrogen-bond acceptors (Lipinski definition) is 4. The van der Waals surface area contributed by atoms with Crippen molar-refractivity contribution >= 4 is 23.6 Å². The van der Waals surface area contributed by atoms with Crippen LogP contribution in [0.2, 0.25) is 0 Å². The second kappa shape index (κ2) is 8.12. The normalized spacial score (nSPS) is 25.0. The maximum atomic E-state index is 12.7. The predicted molar refractivity (Wildman–Crippen MR) is 86.5 cm³/mol. The van der Waals surface area contributed by atoms with E-state index in [1.807, 2.05) is 6.92 Å². The highest BCUT2D eigenvalue weighted by molar-refractivity contribution is 5.94. The molecule has 4 N–H and O–H groups in total. The molecule has 0 radical (unpaired) electrons. The van der Waals surface area contributed by atoms with E-state index in [0.29, 0.717) is 45.1 Å². The summed E-state index contributed by atoms with van der Waals surface area (Å²) in [7, 11) is 0. The van der Waals surface area contributed by atoms with Crippen molar-refractivity contribution in [1.82, 2.24) is 15.5 Å². The van der Waals surface area contributed by atoms with Gasteiger partial charge in [0, 0.05) is 13.0 Å². The van der Waals surface area contributed by atoms with Gasteiger partial charge in [-0.25, -0.2) is 0 Å². The minimum atomic E-state index is -0.693. The molecular formula is C16H26N4O4. The molecule has 3 atom stereocenters. The Hall–Kier alpha value is -2.12. The number of rotatable bonds is 6. The second-order valence-electron chi connectivity index (χ2n) is 6.45. The second-order valence-corrected chi connectivity index (χ2v) is 6.45. The number of nitrogens with zero attached hydrogens (tertiary/aromatic N) is 1. The monoisotopic (exact) mass is 338 g/mol. The Balaban J connectivity index is 2.02. The van der Waals surface area contributed by atoms with Crippen LogP contribution in [-0.4, -0.2) is 53.2 Å². The molecule has 0 aliphatic carbocycles. The van der Waals surface area contributed by atoms with E-state index in [1.54, 1.807) is 0 Å². The molecule has 2 fully saturated rings. The molecule has 2 aliphatic heterocycles. The first kappa shape index (κ1) is 18.2. The average Bonchev–Trinajstić information content (AvgIpc) is 3.03. The van der Waals surface area contributed by atoms with Crippen LogP contribution in [0.25, 0.3) is 0 Å². The van der Waals surface area contributed by atoms with Gasteiger partial charge in [0.05, 0.1) is 0 Å². The van der Waals surface area contributed by atoms with E-state index in [4.69, 9.17) is 5.73 Å². The Bertz CT molecular complexity index is 522. The van der Waals surface area contributed by atoms with Gasteiger partial charge in [0.2, 0.25) is 23.6 Å². The van der Waals surface area contributed by atoms with Gasteiger partial charge in [-0.05, 0) is 32.1 Å². The highest BCUT2D eigenvalue weighted by atomic mass is 16.2. The largest absolute Gasteiger partial charge is 0.368 e. The molecule has 0 aromatic carbocycles. The van der Waals surface area contributed by atoms with Crippen LogP contribution in [0.15, 0.2) is 0 Å². The quantitative estimate of drug-likeness (QED) is 0.599. The van der Waals surface area contributed by atoms with Gasteiger partial charge in [-0.2, -0.15) is 0 Å². The summed E-state index contributed by atoms with van der Waals surface area (Å²) in [5.74, 6) is -1.27. The summed E-state index contributed by atoms with van der Waals surface area (Å²) < 4.78 is 0. The van der Waals surface area contributed by atoms with Crippen molar-refractivity contribution in [3.63, 3.8) is 0 Å². The smallest absolute Gasteiger partial charge is 0.245 e. The topological polar surface area (TPSA) is 122 Å². The third kappa shape index (κ3) is 4.24. The molecule has 24 heavy (non-hydrogen) atoms. The first-order valence-electron chi connectivity index (χ1n) is 8.63. The SMILES string of the molecule is CCC[C@H](NC(=O)C1CCCC(=O)N1)C(=O)N1CCC[C@H]1C(N)=O. The number of nitrogens with one attached hydrogen (secondary N) is 2. The van der Waals surface area contributed by atoms with Gasteiger partial charge in [-0.3, -0.25) is 19.2 Å². The molecule has 2 rings (SSSR count). The molecule has 1 unspecified atom stereocenters. The number of piperidine rings is 1. The Labute approximate surface area is 141 Å². The summed E-state index contributed by atoms with van der Waals surface area (Å²) >= 11 is 0. The zero-order valence-electron chi connectivity index (χ0n) is 14.0. The van der Waals surface area contributed by atoms with Crippen LogP contribution < -0.4 is 16.4 Å². The molecule has 0 bridgehead atoms. The molecule has 8 heteroatoms. The summed E-state index contributed by atoms with van der Waals surface area (Å²) in [5.41, 5.74) is 5.37. The Kier molecular flexibility index (Phi) is 6.16. The summed E-state index contributed by atoms with van der Waals surface area (Å²) in [6.07, 6.45) is 4.13. The van der Waals surface area contributed by atoms with Gasteiger partial charge in [0.1, 0.15) is 18.1 Å². The van der Waals surface area contributed by atoms with Crippen molar-refractivity contribution in [3.8, 4) is 0 Å². The first-order chi connectivity index (χ1) is 11.4. The number of likely N-dealkylation sites (tertiary alicyclic amines) is 1. The van der Waals surface area contributed by atoms with E-state index >= 15 is 0 Å². The lowest BCUT2D eigenvalue weighted by Gasteiger charge is -2.29. The molecule has 4 amide bonds. The van der Waals surface area contributed by atoms with Crippen molar-refractivity contribution in [3.05, 3.63) is 0 Å². The molecule has 2 heterocycles. The van der Waals surface area contributed by atoms with Crippen molar-refractivity contribution in [2.45, 2.75) is 70.0 Å². The summed E-state index contributed by atoms with van der Waals surface area (Å²) in [6, 6.07) is -1.88. The highest BCUT2D eigenvalue weighted by Crippen LogP contribution is 2.19. The fourth-order valence-electron chi connectivity index (χ4n) is 3.35. The van der Waals surface area contributed by atoms with Crippen molar-refractivity contribution < 1.29 is 19.2 Å². The fourth-order valence-corrected chi connectivity index (χ4v) is 3.35. The lowest BCUT2D eigenvalue weighted by atomic mass is 10.0. The molecule has 0 spiro atoms. The van der Waals surface area contributed by atoms with Gasteiger partial charge in [0.15, 0.2) is 0 Å². The van der Waals surface area contributed by atoms with E-state index < -0.39 is 24.0 Å². The zero-order chi connectivity index (χ0) is 17.7. The molecular weight excluding hydrogens is 312 g/mol. The number of primary amides is 1. The first-order valence-corrected chi connectivity index (χ1v) is 8.63. The lowest BCUT2D eigenvalue weighted by molar-refractivity contribution is -0.141. The highest BCUT2D eigenvalue weighted by Gasteiger charge is 2.37. The van der Waals surface area contributed by atoms with Crippen LogP contribution in [-0.2, 0) is 19.2 Å². The van der Waals surface area contributed by atoms with Crippen LogP contribution in [0.3, 0.4) is 0 Å². The average molecular weight is 338 g/mol. The Morgan fingerprint density at radius 3 is 2.71 bits per heavy atom. The molecule has 8 nitrogen and oxygen atoms in total. The van der Waals surface area contributed by atoms with Crippen LogP contribution in [0.5, 0.6) is 0 Å². The molecule has 0 aromatic rings.